The van der Waals surface area contributed by atoms with Gasteiger partial charge in [0.15, 0.2) is 5.78 Å². The standard InChI is InChI=1S/C18H16FNO/c1-2-11-20-12-15(13-7-4-6-10-17(13)20)18(21)14-8-3-5-9-16(14)19/h3-10,12H,2,11H2,1H3. The Kier molecular flexibility index (Phi) is 3.57. The van der Waals surface area contributed by atoms with Gasteiger partial charge in [0.2, 0.25) is 0 Å². The molecule has 0 spiro atoms. The molecule has 0 radical (unpaired) electrons. The second kappa shape index (κ2) is 5.52. The van der Waals surface area contributed by atoms with Crippen molar-refractivity contribution in [1.29, 1.82) is 0 Å². The highest BCUT2D eigenvalue weighted by Gasteiger charge is 2.18. The average molecular weight is 281 g/mol. The van der Waals surface area contributed by atoms with Crippen LogP contribution in [-0.2, 0) is 6.54 Å². The third-order valence-corrected chi connectivity index (χ3v) is 3.62. The first-order valence-corrected chi connectivity index (χ1v) is 7.09. The smallest absolute Gasteiger partial charge is 0.198 e. The van der Waals surface area contributed by atoms with Crippen LogP contribution in [0.15, 0.2) is 54.7 Å². The summed E-state index contributed by atoms with van der Waals surface area (Å²) in [6, 6.07) is 13.9. The molecule has 0 atom stereocenters. The lowest BCUT2D eigenvalue weighted by molar-refractivity contribution is 0.103. The van der Waals surface area contributed by atoms with E-state index in [-0.39, 0.29) is 11.3 Å². The number of aryl methyl sites for hydroxylation is 1. The van der Waals surface area contributed by atoms with Crippen molar-refractivity contribution in [1.82, 2.24) is 4.57 Å². The van der Waals surface area contributed by atoms with Crippen LogP contribution >= 0.6 is 0 Å². The fourth-order valence-electron chi connectivity index (χ4n) is 2.64. The highest BCUT2D eigenvalue weighted by Crippen LogP contribution is 2.25. The van der Waals surface area contributed by atoms with Crippen molar-refractivity contribution in [3.8, 4) is 0 Å². The highest BCUT2D eigenvalue weighted by molar-refractivity contribution is 6.16. The van der Waals surface area contributed by atoms with E-state index in [0.29, 0.717) is 5.56 Å². The Bertz CT molecular complexity index is 804. The Morgan fingerprint density at radius 2 is 1.76 bits per heavy atom. The monoisotopic (exact) mass is 281 g/mol. The number of para-hydroxylation sites is 1. The number of hydrogen-bond acceptors (Lipinski definition) is 1. The van der Waals surface area contributed by atoms with E-state index in [1.54, 1.807) is 12.1 Å². The van der Waals surface area contributed by atoms with Crippen molar-refractivity contribution in [3.05, 3.63) is 71.7 Å². The van der Waals surface area contributed by atoms with Gasteiger partial charge in [-0.1, -0.05) is 37.3 Å². The summed E-state index contributed by atoms with van der Waals surface area (Å²) < 4.78 is 15.9. The van der Waals surface area contributed by atoms with Crippen LogP contribution in [0.3, 0.4) is 0 Å². The first-order chi connectivity index (χ1) is 10.2. The van der Waals surface area contributed by atoms with E-state index in [0.717, 1.165) is 23.9 Å². The molecule has 0 unspecified atom stereocenters. The number of carbonyl (C=O) groups is 1. The van der Waals surface area contributed by atoms with Crippen LogP contribution in [0, 0.1) is 5.82 Å². The topological polar surface area (TPSA) is 22.0 Å². The fraction of sp³-hybridized carbons (Fsp3) is 0.167. The normalized spacial score (nSPS) is 11.0. The summed E-state index contributed by atoms with van der Waals surface area (Å²) >= 11 is 0. The van der Waals surface area contributed by atoms with Gasteiger partial charge in [0.25, 0.3) is 0 Å². The summed E-state index contributed by atoms with van der Waals surface area (Å²) in [7, 11) is 0. The van der Waals surface area contributed by atoms with Crippen molar-refractivity contribution >= 4 is 16.7 Å². The lowest BCUT2D eigenvalue weighted by Crippen LogP contribution is -2.03. The Hall–Kier alpha value is -2.42. The van der Waals surface area contributed by atoms with Crippen LogP contribution in [0.4, 0.5) is 4.39 Å². The lowest BCUT2D eigenvalue weighted by Gasteiger charge is -2.01. The largest absolute Gasteiger partial charge is 0.347 e. The Balaban J connectivity index is 2.17. The molecule has 3 aromatic rings. The zero-order chi connectivity index (χ0) is 14.8. The molecule has 0 aliphatic rings. The molecule has 0 N–H and O–H groups in total. The van der Waals surface area contributed by atoms with Crippen LogP contribution < -0.4 is 0 Å². The number of rotatable bonds is 4. The second-order valence-electron chi connectivity index (χ2n) is 5.06. The molecular formula is C18H16FNO. The van der Waals surface area contributed by atoms with Gasteiger partial charge in [-0.3, -0.25) is 4.79 Å². The molecule has 1 heterocycles. The molecule has 106 valence electrons. The summed E-state index contributed by atoms with van der Waals surface area (Å²) in [5, 5.41) is 0.874. The zero-order valence-electron chi connectivity index (χ0n) is 11.8. The van der Waals surface area contributed by atoms with E-state index in [1.807, 2.05) is 30.5 Å². The van der Waals surface area contributed by atoms with E-state index >= 15 is 0 Å². The molecule has 0 bridgehead atoms. The molecule has 0 aliphatic heterocycles. The van der Waals surface area contributed by atoms with Gasteiger partial charge in [-0.15, -0.1) is 0 Å². The van der Waals surface area contributed by atoms with Crippen LogP contribution in [0.2, 0.25) is 0 Å². The van der Waals surface area contributed by atoms with E-state index < -0.39 is 5.82 Å². The molecular weight excluding hydrogens is 265 g/mol. The van der Waals surface area contributed by atoms with Crippen LogP contribution in [0.25, 0.3) is 10.9 Å². The summed E-state index contributed by atoms with van der Waals surface area (Å²) in [6.45, 7) is 2.93. The quantitative estimate of drug-likeness (QED) is 0.649. The fourth-order valence-corrected chi connectivity index (χ4v) is 2.64. The molecule has 1 aromatic heterocycles. The molecule has 0 aliphatic carbocycles. The highest BCUT2D eigenvalue weighted by atomic mass is 19.1. The predicted molar refractivity (Wildman–Crippen MR) is 82.1 cm³/mol. The van der Waals surface area contributed by atoms with Gasteiger partial charge in [-0.2, -0.15) is 0 Å². The molecule has 3 heteroatoms. The molecule has 21 heavy (non-hydrogen) atoms. The molecule has 0 fully saturated rings. The van der Waals surface area contributed by atoms with Gasteiger partial charge in [0.1, 0.15) is 5.82 Å². The maximum atomic E-state index is 13.9. The first kappa shape index (κ1) is 13.6. The Morgan fingerprint density at radius 1 is 1.05 bits per heavy atom. The minimum Gasteiger partial charge on any atom is -0.347 e. The maximum Gasteiger partial charge on any atom is 0.198 e. The zero-order valence-corrected chi connectivity index (χ0v) is 11.8. The SMILES string of the molecule is CCCn1cc(C(=O)c2ccccc2F)c2ccccc21. The van der Waals surface area contributed by atoms with Crippen molar-refractivity contribution in [2.75, 3.05) is 0 Å². The van der Waals surface area contributed by atoms with E-state index in [4.69, 9.17) is 0 Å². The number of hydrogen-bond donors (Lipinski definition) is 0. The van der Waals surface area contributed by atoms with Crippen molar-refractivity contribution in [3.63, 3.8) is 0 Å². The van der Waals surface area contributed by atoms with E-state index in [2.05, 4.69) is 11.5 Å². The molecule has 0 saturated carbocycles. The molecule has 0 saturated heterocycles. The Labute approximate surface area is 122 Å². The number of fused-ring (bicyclic) bond motifs is 1. The van der Waals surface area contributed by atoms with Crippen LogP contribution in [0.5, 0.6) is 0 Å². The minimum absolute atomic E-state index is 0.122. The van der Waals surface area contributed by atoms with Crippen molar-refractivity contribution in [2.45, 2.75) is 19.9 Å². The molecule has 0 amide bonds. The van der Waals surface area contributed by atoms with Gasteiger partial charge >= 0.3 is 0 Å². The average Bonchev–Trinajstić information content (AvgIpc) is 2.87. The van der Waals surface area contributed by atoms with Crippen molar-refractivity contribution in [2.24, 2.45) is 0 Å². The Morgan fingerprint density at radius 3 is 2.52 bits per heavy atom. The van der Waals surface area contributed by atoms with Gasteiger partial charge in [-0.25, -0.2) is 4.39 Å². The van der Waals surface area contributed by atoms with Crippen LogP contribution in [0.1, 0.15) is 29.3 Å². The van der Waals surface area contributed by atoms with Gasteiger partial charge in [0.05, 0.1) is 5.56 Å². The second-order valence-corrected chi connectivity index (χ2v) is 5.06. The number of aromatic nitrogens is 1. The number of ketones is 1. The number of benzene rings is 2. The minimum atomic E-state index is -0.477. The summed E-state index contributed by atoms with van der Waals surface area (Å²) in [5.74, 6) is -0.742. The summed E-state index contributed by atoms with van der Waals surface area (Å²) in [5.41, 5.74) is 1.69. The number of carbonyl (C=O) groups excluding carboxylic acids is 1. The number of nitrogens with zero attached hydrogens (tertiary/aromatic N) is 1. The number of halogens is 1. The van der Waals surface area contributed by atoms with E-state index in [1.165, 1.54) is 12.1 Å². The van der Waals surface area contributed by atoms with Gasteiger partial charge in [-0.05, 0) is 24.6 Å². The molecule has 3 rings (SSSR count). The summed E-state index contributed by atoms with van der Waals surface area (Å²) in [6.07, 6.45) is 2.81. The van der Waals surface area contributed by atoms with Crippen molar-refractivity contribution < 1.29 is 9.18 Å². The third-order valence-electron chi connectivity index (χ3n) is 3.62. The maximum absolute atomic E-state index is 13.9. The van der Waals surface area contributed by atoms with Gasteiger partial charge < -0.3 is 4.57 Å². The first-order valence-electron chi connectivity index (χ1n) is 7.09. The molecule has 2 aromatic carbocycles. The van der Waals surface area contributed by atoms with E-state index in [9.17, 15) is 9.18 Å². The van der Waals surface area contributed by atoms with Crippen LogP contribution in [-0.4, -0.2) is 10.4 Å². The lowest BCUT2D eigenvalue weighted by atomic mass is 10.0. The third kappa shape index (κ3) is 2.35. The predicted octanol–water partition coefficient (Wildman–Crippen LogP) is 4.42. The molecule has 2 nitrogen and oxygen atoms in total. The summed E-state index contributed by atoms with van der Waals surface area (Å²) in [4.78, 5) is 12.6. The van der Waals surface area contributed by atoms with Gasteiger partial charge in [0, 0.05) is 29.2 Å².